The Bertz CT molecular complexity index is 1030. The third kappa shape index (κ3) is 4.49. The molecule has 0 saturated carbocycles. The number of thioether (sulfide) groups is 1. The summed E-state index contributed by atoms with van der Waals surface area (Å²) in [7, 11) is 0. The predicted molar refractivity (Wildman–Crippen MR) is 109 cm³/mol. The minimum absolute atomic E-state index is 0.134. The van der Waals surface area contributed by atoms with E-state index in [0.717, 1.165) is 15.3 Å². The SMILES string of the molecule is O=C(CSc1nnc(-c2cccs2)o1)N[C@@H](c1ccc(F)cc1)c1cccs1. The lowest BCUT2D eigenvalue weighted by atomic mass is 10.1. The summed E-state index contributed by atoms with van der Waals surface area (Å²) >= 11 is 4.22. The number of rotatable bonds is 7. The average molecular weight is 432 g/mol. The van der Waals surface area contributed by atoms with Gasteiger partial charge < -0.3 is 9.73 Å². The molecule has 0 fully saturated rings. The Morgan fingerprint density at radius 2 is 1.89 bits per heavy atom. The molecule has 1 N–H and O–H groups in total. The highest BCUT2D eigenvalue weighted by molar-refractivity contribution is 7.99. The minimum atomic E-state index is -0.335. The van der Waals surface area contributed by atoms with Crippen LogP contribution in [-0.2, 0) is 4.79 Å². The molecule has 0 bridgehead atoms. The summed E-state index contributed by atoms with van der Waals surface area (Å²) in [5, 5.41) is 15.2. The van der Waals surface area contributed by atoms with Crippen molar-refractivity contribution in [3.63, 3.8) is 0 Å². The highest BCUT2D eigenvalue weighted by atomic mass is 32.2. The number of aromatic nitrogens is 2. The van der Waals surface area contributed by atoms with E-state index in [2.05, 4.69) is 15.5 Å². The monoisotopic (exact) mass is 431 g/mol. The van der Waals surface area contributed by atoms with Crippen molar-refractivity contribution in [2.45, 2.75) is 11.3 Å². The van der Waals surface area contributed by atoms with Gasteiger partial charge in [-0.25, -0.2) is 4.39 Å². The summed E-state index contributed by atoms with van der Waals surface area (Å²) in [5.41, 5.74) is 0.819. The van der Waals surface area contributed by atoms with Gasteiger partial charge in [-0.15, -0.1) is 32.9 Å². The van der Waals surface area contributed by atoms with Crippen LogP contribution in [0.25, 0.3) is 10.8 Å². The van der Waals surface area contributed by atoms with Crippen LogP contribution in [0.5, 0.6) is 0 Å². The molecule has 3 heterocycles. The van der Waals surface area contributed by atoms with E-state index >= 15 is 0 Å². The molecule has 0 spiro atoms. The van der Waals surface area contributed by atoms with Crippen molar-refractivity contribution in [2.75, 3.05) is 5.75 Å². The van der Waals surface area contributed by atoms with Gasteiger partial charge in [0.1, 0.15) is 5.82 Å². The van der Waals surface area contributed by atoms with Crippen molar-refractivity contribution < 1.29 is 13.6 Å². The smallest absolute Gasteiger partial charge is 0.277 e. The molecule has 4 aromatic rings. The van der Waals surface area contributed by atoms with Crippen LogP contribution in [0.1, 0.15) is 16.5 Å². The van der Waals surface area contributed by atoms with Gasteiger partial charge in [0.05, 0.1) is 16.7 Å². The number of benzene rings is 1. The van der Waals surface area contributed by atoms with Gasteiger partial charge in [0.2, 0.25) is 5.91 Å². The number of amides is 1. The zero-order valence-corrected chi connectivity index (χ0v) is 16.8. The van der Waals surface area contributed by atoms with Gasteiger partial charge in [-0.2, -0.15) is 0 Å². The van der Waals surface area contributed by atoms with E-state index in [4.69, 9.17) is 4.42 Å². The lowest BCUT2D eigenvalue weighted by molar-refractivity contribution is -0.119. The van der Waals surface area contributed by atoms with E-state index < -0.39 is 0 Å². The van der Waals surface area contributed by atoms with Crippen LogP contribution < -0.4 is 5.32 Å². The fraction of sp³-hybridized carbons (Fsp3) is 0.105. The number of nitrogens with one attached hydrogen (secondary N) is 1. The molecule has 0 aliphatic rings. The molecular weight excluding hydrogens is 417 g/mol. The summed E-state index contributed by atoms with van der Waals surface area (Å²) in [6.45, 7) is 0. The van der Waals surface area contributed by atoms with Gasteiger partial charge in [0.15, 0.2) is 0 Å². The Morgan fingerprint density at radius 1 is 1.11 bits per heavy atom. The highest BCUT2D eigenvalue weighted by Gasteiger charge is 2.19. The number of nitrogens with zero attached hydrogens (tertiary/aromatic N) is 2. The first-order chi connectivity index (χ1) is 13.7. The van der Waals surface area contributed by atoms with E-state index in [-0.39, 0.29) is 23.5 Å². The van der Waals surface area contributed by atoms with Gasteiger partial charge in [-0.1, -0.05) is 36.0 Å². The third-order valence-electron chi connectivity index (χ3n) is 3.80. The molecule has 0 unspecified atom stereocenters. The summed E-state index contributed by atoms with van der Waals surface area (Å²) < 4.78 is 18.8. The number of carbonyl (C=O) groups is 1. The van der Waals surface area contributed by atoms with Gasteiger partial charge in [-0.3, -0.25) is 4.79 Å². The Kier molecular flexibility index (Phi) is 5.84. The fourth-order valence-corrected chi connectivity index (χ4v) is 4.55. The van der Waals surface area contributed by atoms with E-state index in [0.29, 0.717) is 11.1 Å². The van der Waals surface area contributed by atoms with Gasteiger partial charge in [0.25, 0.3) is 11.1 Å². The summed E-state index contributed by atoms with van der Waals surface area (Å²) in [6.07, 6.45) is 0. The van der Waals surface area contributed by atoms with Crippen LogP contribution >= 0.6 is 34.4 Å². The van der Waals surface area contributed by atoms with Crippen molar-refractivity contribution in [1.82, 2.24) is 15.5 Å². The first kappa shape index (κ1) is 18.9. The van der Waals surface area contributed by atoms with Crippen LogP contribution in [0.3, 0.4) is 0 Å². The van der Waals surface area contributed by atoms with Crippen LogP contribution in [0, 0.1) is 5.82 Å². The number of hydrogen-bond acceptors (Lipinski definition) is 7. The second kappa shape index (κ2) is 8.68. The second-order valence-electron chi connectivity index (χ2n) is 5.71. The fourth-order valence-electron chi connectivity index (χ4n) is 2.53. The molecule has 0 aliphatic heterocycles. The van der Waals surface area contributed by atoms with Gasteiger partial charge >= 0.3 is 0 Å². The van der Waals surface area contributed by atoms with E-state index in [1.807, 2.05) is 35.0 Å². The zero-order chi connectivity index (χ0) is 19.3. The first-order valence-corrected chi connectivity index (χ1v) is 11.0. The van der Waals surface area contributed by atoms with Crippen LogP contribution in [0.2, 0.25) is 0 Å². The lowest BCUT2D eigenvalue weighted by Gasteiger charge is -2.18. The van der Waals surface area contributed by atoms with Crippen molar-refractivity contribution in [3.8, 4) is 10.8 Å². The average Bonchev–Trinajstić information content (AvgIpc) is 3.47. The largest absolute Gasteiger partial charge is 0.410 e. The summed E-state index contributed by atoms with van der Waals surface area (Å²) in [6, 6.07) is 13.5. The Labute approximate surface area is 172 Å². The second-order valence-corrected chi connectivity index (χ2v) is 8.56. The molecule has 28 heavy (non-hydrogen) atoms. The number of carbonyl (C=O) groups excluding carboxylic acids is 1. The molecule has 1 aromatic carbocycles. The van der Waals surface area contributed by atoms with Crippen molar-refractivity contribution in [2.24, 2.45) is 0 Å². The number of halogens is 1. The Balaban J connectivity index is 1.41. The van der Waals surface area contributed by atoms with Crippen molar-refractivity contribution in [3.05, 3.63) is 75.5 Å². The van der Waals surface area contributed by atoms with Crippen molar-refractivity contribution >= 4 is 40.3 Å². The topological polar surface area (TPSA) is 68.0 Å². The molecule has 1 amide bonds. The lowest BCUT2D eigenvalue weighted by Crippen LogP contribution is -2.30. The van der Waals surface area contributed by atoms with Crippen LogP contribution in [0.15, 0.2) is 68.9 Å². The summed E-state index contributed by atoms with van der Waals surface area (Å²) in [5.74, 6) is 0.0904. The molecule has 5 nitrogen and oxygen atoms in total. The van der Waals surface area contributed by atoms with E-state index in [1.165, 1.54) is 46.6 Å². The van der Waals surface area contributed by atoms with Gasteiger partial charge in [-0.05, 0) is 40.6 Å². The maximum absolute atomic E-state index is 13.3. The Morgan fingerprint density at radius 3 is 2.61 bits per heavy atom. The van der Waals surface area contributed by atoms with Crippen LogP contribution in [0.4, 0.5) is 4.39 Å². The molecule has 4 rings (SSSR count). The normalized spacial score (nSPS) is 12.0. The molecule has 1 atom stereocenters. The predicted octanol–water partition coefficient (Wildman–Crippen LogP) is 5.00. The van der Waals surface area contributed by atoms with Crippen molar-refractivity contribution in [1.29, 1.82) is 0 Å². The highest BCUT2D eigenvalue weighted by Crippen LogP contribution is 2.28. The summed E-state index contributed by atoms with van der Waals surface area (Å²) in [4.78, 5) is 14.4. The van der Waals surface area contributed by atoms with E-state index in [9.17, 15) is 9.18 Å². The quantitative estimate of drug-likeness (QED) is 0.417. The molecule has 0 aliphatic carbocycles. The molecule has 142 valence electrons. The maximum atomic E-state index is 13.3. The standard InChI is InChI=1S/C19H14FN3O2S3/c20-13-7-5-12(6-8-13)17(14-3-1-9-26-14)21-16(24)11-28-19-23-22-18(25-19)15-4-2-10-27-15/h1-10,17H,11H2,(H,21,24)/t17-/m0/s1. The number of hydrogen-bond donors (Lipinski definition) is 1. The first-order valence-electron chi connectivity index (χ1n) is 8.27. The number of thiophene rings is 2. The molecule has 0 radical (unpaired) electrons. The minimum Gasteiger partial charge on any atom is -0.410 e. The zero-order valence-electron chi connectivity index (χ0n) is 14.4. The molecule has 3 aromatic heterocycles. The third-order valence-corrected chi connectivity index (χ3v) is 6.42. The van der Waals surface area contributed by atoms with Crippen LogP contribution in [-0.4, -0.2) is 21.9 Å². The maximum Gasteiger partial charge on any atom is 0.277 e. The molecule has 0 saturated heterocycles. The van der Waals surface area contributed by atoms with E-state index in [1.54, 1.807) is 12.1 Å². The molecule has 9 heteroatoms. The van der Waals surface area contributed by atoms with Gasteiger partial charge in [0, 0.05) is 4.88 Å². The molecular formula is C19H14FN3O2S3. The Hall–Kier alpha value is -2.49.